The summed E-state index contributed by atoms with van der Waals surface area (Å²) >= 11 is 0. The Morgan fingerprint density at radius 2 is 1.72 bits per heavy atom. The van der Waals surface area contributed by atoms with Crippen LogP contribution in [0.3, 0.4) is 0 Å². The van der Waals surface area contributed by atoms with Crippen molar-refractivity contribution in [3.05, 3.63) is 35.4 Å². The number of methoxy groups -OCH3 is 2. The first-order valence-corrected chi connectivity index (χ1v) is 7.79. The summed E-state index contributed by atoms with van der Waals surface area (Å²) in [6.07, 6.45) is 0.268. The highest BCUT2D eigenvalue weighted by Gasteiger charge is 2.31. The lowest BCUT2D eigenvalue weighted by Crippen LogP contribution is -2.23. The average Bonchev–Trinajstić information content (AvgIpc) is 3.06. The molecule has 0 saturated heterocycles. The molecule has 2 aliphatic rings. The summed E-state index contributed by atoms with van der Waals surface area (Å²) in [5, 5.41) is 13.0. The molecule has 130 valence electrons. The Morgan fingerprint density at radius 1 is 1.08 bits per heavy atom. The Bertz CT molecular complexity index is 838. The quantitative estimate of drug-likeness (QED) is 0.891. The molecule has 0 fully saturated rings. The van der Waals surface area contributed by atoms with Crippen LogP contribution in [-0.4, -0.2) is 32.0 Å². The van der Waals surface area contributed by atoms with Crippen molar-refractivity contribution >= 4 is 11.6 Å². The highest BCUT2D eigenvalue weighted by atomic mass is 16.7. The first kappa shape index (κ1) is 15.4. The van der Waals surface area contributed by atoms with E-state index in [4.69, 9.17) is 18.9 Å². The molecule has 0 unspecified atom stereocenters. The molecule has 0 aliphatic carbocycles. The molecule has 4 rings (SSSR count). The van der Waals surface area contributed by atoms with Crippen LogP contribution in [0.4, 0.5) is 5.69 Å². The number of phenolic OH excluding ortho intramolecular Hbond substituents is 1. The topological polar surface area (TPSA) is 86.3 Å². The number of benzene rings is 2. The molecule has 2 heterocycles. The number of rotatable bonds is 3. The minimum absolute atomic E-state index is 0.0695. The summed E-state index contributed by atoms with van der Waals surface area (Å²) in [6, 6.07) is 7.09. The van der Waals surface area contributed by atoms with Gasteiger partial charge in [0.05, 0.1) is 14.2 Å². The fourth-order valence-corrected chi connectivity index (χ4v) is 3.26. The molecular weight excluding hydrogens is 326 g/mol. The number of hydrogen-bond donors (Lipinski definition) is 2. The first-order valence-electron chi connectivity index (χ1n) is 7.79. The van der Waals surface area contributed by atoms with Crippen molar-refractivity contribution in [2.75, 3.05) is 26.3 Å². The Hall–Kier alpha value is -3.09. The number of phenols is 1. The third kappa shape index (κ3) is 2.48. The number of anilines is 1. The number of aromatic hydroxyl groups is 1. The molecule has 0 radical (unpaired) electrons. The van der Waals surface area contributed by atoms with E-state index in [1.54, 1.807) is 18.2 Å². The van der Waals surface area contributed by atoms with Gasteiger partial charge in [0, 0.05) is 24.1 Å². The predicted octanol–water partition coefficient (Wildman–Crippen LogP) is 2.61. The molecule has 0 aromatic heterocycles. The number of amides is 1. The van der Waals surface area contributed by atoms with Crippen molar-refractivity contribution in [2.45, 2.75) is 12.3 Å². The average molecular weight is 343 g/mol. The molecule has 0 spiro atoms. The molecule has 2 N–H and O–H groups in total. The lowest BCUT2D eigenvalue weighted by atomic mass is 9.84. The van der Waals surface area contributed by atoms with Gasteiger partial charge in [0.2, 0.25) is 18.4 Å². The van der Waals surface area contributed by atoms with E-state index in [1.165, 1.54) is 14.2 Å². The summed E-state index contributed by atoms with van der Waals surface area (Å²) in [7, 11) is 2.94. The van der Waals surface area contributed by atoms with Crippen LogP contribution in [0.5, 0.6) is 28.7 Å². The largest absolute Gasteiger partial charge is 0.502 e. The molecule has 0 saturated carbocycles. The Kier molecular flexibility index (Phi) is 3.56. The number of ether oxygens (including phenoxy) is 4. The third-order valence-electron chi connectivity index (χ3n) is 4.49. The van der Waals surface area contributed by atoms with Gasteiger partial charge in [0.15, 0.2) is 23.0 Å². The SMILES string of the molecule is COc1cc([C@H]2CC(=O)Nc3cc4c(cc32)OCO4)cc(OC)c1O. The van der Waals surface area contributed by atoms with E-state index in [-0.39, 0.29) is 30.8 Å². The summed E-state index contributed by atoms with van der Waals surface area (Å²) < 4.78 is 21.3. The summed E-state index contributed by atoms with van der Waals surface area (Å²) in [5.41, 5.74) is 2.41. The van der Waals surface area contributed by atoms with Crippen LogP contribution in [0.25, 0.3) is 0 Å². The van der Waals surface area contributed by atoms with Gasteiger partial charge in [0.1, 0.15) is 0 Å². The molecule has 1 atom stereocenters. The van der Waals surface area contributed by atoms with Gasteiger partial charge in [-0.05, 0) is 29.3 Å². The zero-order valence-electron chi connectivity index (χ0n) is 13.8. The van der Waals surface area contributed by atoms with Gasteiger partial charge in [-0.15, -0.1) is 0 Å². The molecular formula is C18H17NO6. The van der Waals surface area contributed by atoms with E-state index in [0.717, 1.165) is 11.1 Å². The zero-order valence-corrected chi connectivity index (χ0v) is 13.8. The zero-order chi connectivity index (χ0) is 17.6. The first-order chi connectivity index (χ1) is 12.1. The van der Waals surface area contributed by atoms with Crippen molar-refractivity contribution in [1.29, 1.82) is 0 Å². The maximum absolute atomic E-state index is 12.2. The van der Waals surface area contributed by atoms with Crippen LogP contribution in [0.2, 0.25) is 0 Å². The van der Waals surface area contributed by atoms with Crippen LogP contribution in [0.15, 0.2) is 24.3 Å². The maximum atomic E-state index is 12.2. The Balaban J connectivity index is 1.86. The van der Waals surface area contributed by atoms with Gasteiger partial charge in [0.25, 0.3) is 0 Å². The molecule has 7 nitrogen and oxygen atoms in total. The summed E-state index contributed by atoms with van der Waals surface area (Å²) in [5.74, 6) is 1.47. The maximum Gasteiger partial charge on any atom is 0.231 e. The second-order valence-corrected chi connectivity index (χ2v) is 5.87. The van der Waals surface area contributed by atoms with Gasteiger partial charge in [-0.25, -0.2) is 0 Å². The van der Waals surface area contributed by atoms with Crippen LogP contribution in [0.1, 0.15) is 23.5 Å². The molecule has 1 amide bonds. The minimum atomic E-state index is -0.221. The predicted molar refractivity (Wildman–Crippen MR) is 88.9 cm³/mol. The van der Waals surface area contributed by atoms with Crippen LogP contribution >= 0.6 is 0 Å². The van der Waals surface area contributed by atoms with Gasteiger partial charge in [-0.1, -0.05) is 0 Å². The van der Waals surface area contributed by atoms with E-state index in [0.29, 0.717) is 28.7 Å². The summed E-state index contributed by atoms with van der Waals surface area (Å²) in [4.78, 5) is 12.2. The standard InChI is InChI=1S/C18H17NO6/c1-22-15-3-9(4-16(23-2)18(15)21)10-6-17(20)19-12-7-14-13(5-11(10)12)24-8-25-14/h3-5,7,10,21H,6,8H2,1-2H3,(H,19,20)/t10-/m1/s1. The van der Waals surface area contributed by atoms with Crippen LogP contribution in [-0.2, 0) is 4.79 Å². The molecule has 2 aromatic rings. The normalized spacial score (nSPS) is 17.7. The van der Waals surface area contributed by atoms with Gasteiger partial charge >= 0.3 is 0 Å². The van der Waals surface area contributed by atoms with E-state index >= 15 is 0 Å². The monoisotopic (exact) mass is 343 g/mol. The van der Waals surface area contributed by atoms with Crippen molar-refractivity contribution < 1.29 is 28.8 Å². The van der Waals surface area contributed by atoms with E-state index in [2.05, 4.69) is 5.32 Å². The second-order valence-electron chi connectivity index (χ2n) is 5.87. The van der Waals surface area contributed by atoms with Crippen molar-refractivity contribution in [3.8, 4) is 28.7 Å². The van der Waals surface area contributed by atoms with Crippen molar-refractivity contribution in [3.63, 3.8) is 0 Å². The third-order valence-corrected chi connectivity index (χ3v) is 4.49. The van der Waals surface area contributed by atoms with Gasteiger partial charge < -0.3 is 29.4 Å². The highest BCUT2D eigenvalue weighted by Crippen LogP contribution is 2.47. The lowest BCUT2D eigenvalue weighted by Gasteiger charge is -2.27. The number of carbonyl (C=O) groups is 1. The summed E-state index contributed by atoms with van der Waals surface area (Å²) in [6.45, 7) is 0.164. The van der Waals surface area contributed by atoms with Crippen molar-refractivity contribution in [2.24, 2.45) is 0 Å². The van der Waals surface area contributed by atoms with E-state index < -0.39 is 0 Å². The number of carbonyl (C=O) groups excluding carboxylic acids is 1. The molecule has 25 heavy (non-hydrogen) atoms. The van der Waals surface area contributed by atoms with E-state index in [1.807, 2.05) is 6.07 Å². The molecule has 2 aliphatic heterocycles. The smallest absolute Gasteiger partial charge is 0.231 e. The number of fused-ring (bicyclic) bond motifs is 2. The number of nitrogens with one attached hydrogen (secondary N) is 1. The van der Waals surface area contributed by atoms with Crippen LogP contribution < -0.4 is 24.3 Å². The fraction of sp³-hybridized carbons (Fsp3) is 0.278. The van der Waals surface area contributed by atoms with Crippen molar-refractivity contribution in [1.82, 2.24) is 0 Å². The molecule has 7 heteroatoms. The highest BCUT2D eigenvalue weighted by molar-refractivity contribution is 5.96. The molecule has 0 bridgehead atoms. The van der Waals surface area contributed by atoms with Gasteiger partial charge in [-0.3, -0.25) is 4.79 Å². The van der Waals surface area contributed by atoms with E-state index in [9.17, 15) is 9.90 Å². The van der Waals surface area contributed by atoms with Crippen LogP contribution in [0, 0.1) is 0 Å². The Labute approximate surface area is 144 Å². The lowest BCUT2D eigenvalue weighted by molar-refractivity contribution is -0.116. The molecule has 2 aromatic carbocycles. The van der Waals surface area contributed by atoms with Gasteiger partial charge in [-0.2, -0.15) is 0 Å². The second kappa shape index (κ2) is 5.77. The Morgan fingerprint density at radius 3 is 2.36 bits per heavy atom. The minimum Gasteiger partial charge on any atom is -0.502 e. The number of hydrogen-bond acceptors (Lipinski definition) is 6. The fourth-order valence-electron chi connectivity index (χ4n) is 3.26.